The van der Waals surface area contributed by atoms with Crippen molar-refractivity contribution in [2.24, 2.45) is 0 Å². The van der Waals surface area contributed by atoms with Gasteiger partial charge in [-0.1, -0.05) is 30.3 Å². The Balaban J connectivity index is 1.84. The first-order chi connectivity index (χ1) is 10.7. The van der Waals surface area contributed by atoms with Crippen LogP contribution in [0.15, 0.2) is 47.4 Å². The second-order valence-corrected chi connectivity index (χ2v) is 5.93. The van der Waals surface area contributed by atoms with Gasteiger partial charge in [0.05, 0.1) is 0 Å². The van der Waals surface area contributed by atoms with Crippen LogP contribution >= 0.6 is 11.3 Å². The number of thiophene rings is 1. The number of amides is 1. The van der Waals surface area contributed by atoms with E-state index in [0.29, 0.717) is 6.54 Å². The minimum absolute atomic E-state index is 0.158. The molecule has 3 nitrogen and oxygen atoms in total. The average molecular weight is 310 g/mol. The van der Waals surface area contributed by atoms with E-state index in [0.717, 1.165) is 23.3 Å². The molecule has 1 amide bonds. The highest BCUT2D eigenvalue weighted by Gasteiger charge is 2.09. The third-order valence-corrected chi connectivity index (χ3v) is 4.28. The summed E-state index contributed by atoms with van der Waals surface area (Å²) in [5.41, 5.74) is 2.49. The molecule has 2 rings (SSSR count). The molecular weight excluding hydrogens is 292 g/mol. The molecule has 0 bridgehead atoms. The Morgan fingerprint density at radius 2 is 2.09 bits per heavy atom. The van der Waals surface area contributed by atoms with E-state index in [-0.39, 0.29) is 11.5 Å². The van der Waals surface area contributed by atoms with Gasteiger partial charge in [0, 0.05) is 11.4 Å². The normalized spacial score (nSPS) is 11.0. The van der Waals surface area contributed by atoms with E-state index in [1.165, 1.54) is 16.9 Å². The van der Waals surface area contributed by atoms with E-state index in [1.54, 1.807) is 6.08 Å². The van der Waals surface area contributed by atoms with E-state index in [9.17, 15) is 4.79 Å². The third kappa shape index (κ3) is 4.57. The fraction of sp³-hybridized carbons (Fsp3) is 0.222. The molecule has 112 valence electrons. The van der Waals surface area contributed by atoms with Crippen molar-refractivity contribution in [2.45, 2.75) is 19.8 Å². The van der Waals surface area contributed by atoms with Crippen molar-refractivity contribution in [2.75, 3.05) is 6.54 Å². The fourth-order valence-electron chi connectivity index (χ4n) is 2.05. The van der Waals surface area contributed by atoms with Crippen LogP contribution in [0.2, 0.25) is 0 Å². The summed E-state index contributed by atoms with van der Waals surface area (Å²) in [6.45, 7) is 2.53. The molecule has 0 spiro atoms. The van der Waals surface area contributed by atoms with Crippen molar-refractivity contribution in [3.63, 3.8) is 0 Å². The minimum atomic E-state index is -0.302. The minimum Gasteiger partial charge on any atom is -0.351 e. The summed E-state index contributed by atoms with van der Waals surface area (Å²) in [5, 5.41) is 13.9. The summed E-state index contributed by atoms with van der Waals surface area (Å²) in [7, 11) is 0. The van der Waals surface area contributed by atoms with Crippen molar-refractivity contribution in [1.82, 2.24) is 5.32 Å². The molecule has 1 aromatic heterocycles. The Kier molecular flexibility index (Phi) is 5.93. The van der Waals surface area contributed by atoms with Gasteiger partial charge in [-0.25, -0.2) is 0 Å². The number of hydrogen-bond donors (Lipinski definition) is 1. The molecule has 2 aromatic rings. The number of aryl methyl sites for hydroxylation is 2. The molecular formula is C18H18N2OS. The fourth-order valence-corrected chi connectivity index (χ4v) is 2.90. The van der Waals surface area contributed by atoms with E-state index in [1.807, 2.05) is 42.6 Å². The quantitative estimate of drug-likeness (QED) is 0.502. The van der Waals surface area contributed by atoms with Gasteiger partial charge in [-0.3, -0.25) is 4.79 Å². The van der Waals surface area contributed by atoms with Crippen LogP contribution in [0.5, 0.6) is 0 Å². The molecule has 0 aliphatic heterocycles. The molecule has 0 aliphatic rings. The second kappa shape index (κ2) is 8.16. The van der Waals surface area contributed by atoms with E-state index in [4.69, 9.17) is 5.26 Å². The molecule has 22 heavy (non-hydrogen) atoms. The summed E-state index contributed by atoms with van der Waals surface area (Å²) < 4.78 is 0. The van der Waals surface area contributed by atoms with Crippen molar-refractivity contribution >= 4 is 23.3 Å². The van der Waals surface area contributed by atoms with Crippen molar-refractivity contribution < 1.29 is 4.79 Å². The first-order valence-corrected chi connectivity index (χ1v) is 8.06. The van der Waals surface area contributed by atoms with Gasteiger partial charge >= 0.3 is 0 Å². The van der Waals surface area contributed by atoms with Crippen LogP contribution in [0.25, 0.3) is 6.08 Å². The van der Waals surface area contributed by atoms with Crippen LogP contribution in [-0.4, -0.2) is 12.5 Å². The van der Waals surface area contributed by atoms with Crippen LogP contribution < -0.4 is 5.32 Å². The lowest BCUT2D eigenvalue weighted by molar-refractivity contribution is -0.117. The number of nitrogens with one attached hydrogen (secondary N) is 1. The molecule has 1 aromatic carbocycles. The van der Waals surface area contributed by atoms with Gasteiger partial charge in [0.1, 0.15) is 11.6 Å². The third-order valence-electron chi connectivity index (χ3n) is 3.31. The standard InChI is InChI=1S/C18H18N2OS/c1-14-9-11-22-17(14)12-16(13-19)18(21)20-10-5-8-15-6-3-2-4-7-15/h2-4,6-7,9,11-12H,5,8,10H2,1H3,(H,20,21)/b16-12-. The zero-order valence-electron chi connectivity index (χ0n) is 12.5. The van der Waals surface area contributed by atoms with Crippen LogP contribution in [-0.2, 0) is 11.2 Å². The number of carbonyl (C=O) groups excluding carboxylic acids is 1. The Bertz CT molecular complexity index is 695. The Labute approximate surface area is 134 Å². The molecule has 0 saturated carbocycles. The van der Waals surface area contributed by atoms with E-state index in [2.05, 4.69) is 17.4 Å². The lowest BCUT2D eigenvalue weighted by Gasteiger charge is -2.04. The van der Waals surface area contributed by atoms with Crippen molar-refractivity contribution in [3.05, 3.63) is 63.4 Å². The zero-order valence-corrected chi connectivity index (χ0v) is 13.3. The first kappa shape index (κ1) is 16.0. The van der Waals surface area contributed by atoms with Crippen molar-refractivity contribution in [1.29, 1.82) is 5.26 Å². The van der Waals surface area contributed by atoms with Gasteiger partial charge in [-0.15, -0.1) is 11.3 Å². The van der Waals surface area contributed by atoms with Crippen LogP contribution in [0, 0.1) is 18.3 Å². The van der Waals surface area contributed by atoms with Gasteiger partial charge in [-0.05, 0) is 48.4 Å². The summed E-state index contributed by atoms with van der Waals surface area (Å²) in [5.74, 6) is -0.302. The Hall–Kier alpha value is -2.38. The lowest BCUT2D eigenvalue weighted by Crippen LogP contribution is -2.25. The average Bonchev–Trinajstić information content (AvgIpc) is 2.95. The zero-order chi connectivity index (χ0) is 15.8. The highest BCUT2D eigenvalue weighted by Crippen LogP contribution is 2.19. The van der Waals surface area contributed by atoms with Crippen molar-refractivity contribution in [3.8, 4) is 6.07 Å². The largest absolute Gasteiger partial charge is 0.351 e. The highest BCUT2D eigenvalue weighted by molar-refractivity contribution is 7.11. The molecule has 0 aliphatic carbocycles. The van der Waals surface area contributed by atoms with Gasteiger partial charge < -0.3 is 5.32 Å². The molecule has 0 unspecified atom stereocenters. The maximum Gasteiger partial charge on any atom is 0.261 e. The molecule has 0 radical (unpaired) electrons. The van der Waals surface area contributed by atoms with Gasteiger partial charge in [0.2, 0.25) is 0 Å². The summed E-state index contributed by atoms with van der Waals surface area (Å²) in [6.07, 6.45) is 3.43. The van der Waals surface area contributed by atoms with Crippen LogP contribution in [0.4, 0.5) is 0 Å². The predicted molar refractivity (Wildman–Crippen MR) is 90.4 cm³/mol. The predicted octanol–water partition coefficient (Wildman–Crippen LogP) is 3.71. The number of rotatable bonds is 6. The number of hydrogen-bond acceptors (Lipinski definition) is 3. The van der Waals surface area contributed by atoms with Crippen LogP contribution in [0.1, 0.15) is 22.4 Å². The smallest absolute Gasteiger partial charge is 0.261 e. The van der Waals surface area contributed by atoms with E-state index >= 15 is 0 Å². The number of nitriles is 1. The summed E-state index contributed by atoms with van der Waals surface area (Å²) in [6, 6.07) is 14.1. The van der Waals surface area contributed by atoms with Gasteiger partial charge in [-0.2, -0.15) is 5.26 Å². The SMILES string of the molecule is Cc1ccsc1/C=C(/C#N)C(=O)NCCCc1ccccc1. The number of carbonyl (C=O) groups is 1. The summed E-state index contributed by atoms with van der Waals surface area (Å²) >= 11 is 1.53. The van der Waals surface area contributed by atoms with Gasteiger partial charge in [0.15, 0.2) is 0 Å². The molecule has 1 N–H and O–H groups in total. The number of nitrogens with zero attached hydrogens (tertiary/aromatic N) is 1. The Morgan fingerprint density at radius 1 is 1.32 bits per heavy atom. The maximum atomic E-state index is 12.0. The first-order valence-electron chi connectivity index (χ1n) is 7.18. The van der Waals surface area contributed by atoms with Crippen LogP contribution in [0.3, 0.4) is 0 Å². The second-order valence-electron chi connectivity index (χ2n) is 4.98. The Morgan fingerprint density at radius 3 is 2.73 bits per heavy atom. The maximum absolute atomic E-state index is 12.0. The van der Waals surface area contributed by atoms with E-state index < -0.39 is 0 Å². The molecule has 0 saturated heterocycles. The molecule has 4 heteroatoms. The molecule has 0 fully saturated rings. The van der Waals surface area contributed by atoms with Gasteiger partial charge in [0.25, 0.3) is 5.91 Å². The highest BCUT2D eigenvalue weighted by atomic mass is 32.1. The molecule has 1 heterocycles. The monoisotopic (exact) mass is 310 g/mol. The topological polar surface area (TPSA) is 52.9 Å². The lowest BCUT2D eigenvalue weighted by atomic mass is 10.1. The summed E-state index contributed by atoms with van der Waals surface area (Å²) in [4.78, 5) is 13.0. The molecule has 0 atom stereocenters. The number of benzene rings is 1.